The first-order valence-corrected chi connectivity index (χ1v) is 8.01. The number of halogens is 1. The highest BCUT2D eigenvalue weighted by atomic mass is 19.1. The van der Waals surface area contributed by atoms with Crippen molar-refractivity contribution in [2.24, 2.45) is 0 Å². The molecule has 0 radical (unpaired) electrons. The van der Waals surface area contributed by atoms with Gasteiger partial charge in [0, 0.05) is 11.6 Å². The van der Waals surface area contributed by atoms with Crippen LogP contribution in [0.25, 0.3) is 0 Å². The summed E-state index contributed by atoms with van der Waals surface area (Å²) in [6.07, 6.45) is 3.01. The van der Waals surface area contributed by atoms with E-state index in [-0.39, 0.29) is 11.4 Å². The minimum absolute atomic E-state index is 0.0495. The number of aryl methyl sites for hydroxylation is 1. The van der Waals surface area contributed by atoms with Crippen LogP contribution in [-0.4, -0.2) is 37.1 Å². The van der Waals surface area contributed by atoms with Gasteiger partial charge in [0.15, 0.2) is 0 Å². The molecule has 0 spiro atoms. The van der Waals surface area contributed by atoms with Crippen LogP contribution in [0.3, 0.4) is 0 Å². The SMILES string of the molecule is CCCNC(Cc1cc(F)ccc1C)C(C)(CC)N(C)C. The van der Waals surface area contributed by atoms with Gasteiger partial charge in [0.2, 0.25) is 0 Å². The van der Waals surface area contributed by atoms with Gasteiger partial charge >= 0.3 is 0 Å². The maximum absolute atomic E-state index is 13.6. The highest BCUT2D eigenvalue weighted by Crippen LogP contribution is 2.25. The van der Waals surface area contributed by atoms with Crippen molar-refractivity contribution in [2.45, 2.75) is 58.5 Å². The van der Waals surface area contributed by atoms with Gasteiger partial charge < -0.3 is 10.2 Å². The summed E-state index contributed by atoms with van der Waals surface area (Å²) in [5.74, 6) is -0.145. The second-order valence-electron chi connectivity index (χ2n) is 6.39. The lowest BCUT2D eigenvalue weighted by Gasteiger charge is -2.43. The van der Waals surface area contributed by atoms with Crippen LogP contribution in [0.15, 0.2) is 18.2 Å². The third-order valence-corrected chi connectivity index (χ3v) is 4.86. The molecule has 0 aliphatic carbocycles. The molecule has 0 amide bonds. The molecule has 1 aromatic rings. The fraction of sp³-hybridized carbons (Fsp3) is 0.667. The van der Waals surface area contributed by atoms with E-state index in [1.54, 1.807) is 6.07 Å². The average molecular weight is 294 g/mol. The van der Waals surface area contributed by atoms with Gasteiger partial charge in [-0.25, -0.2) is 4.39 Å². The summed E-state index contributed by atoms with van der Waals surface area (Å²) in [7, 11) is 4.26. The first kappa shape index (κ1) is 18.1. The van der Waals surface area contributed by atoms with Gasteiger partial charge in [-0.2, -0.15) is 0 Å². The Morgan fingerprint density at radius 3 is 2.48 bits per heavy atom. The number of likely N-dealkylation sites (N-methyl/N-ethyl adjacent to an activating group) is 1. The standard InChI is InChI=1S/C18H31FN2/c1-7-11-20-17(18(4,8-2)21(5)6)13-15-12-16(19)10-9-14(15)3/h9-10,12,17,20H,7-8,11,13H2,1-6H3. The molecule has 3 heteroatoms. The van der Waals surface area contributed by atoms with E-state index >= 15 is 0 Å². The van der Waals surface area contributed by atoms with Crippen LogP contribution in [0.4, 0.5) is 4.39 Å². The molecule has 2 unspecified atom stereocenters. The van der Waals surface area contributed by atoms with Gasteiger partial charge in [-0.15, -0.1) is 0 Å². The molecule has 1 rings (SSSR count). The van der Waals surface area contributed by atoms with Crippen molar-refractivity contribution in [3.63, 3.8) is 0 Å². The van der Waals surface area contributed by atoms with E-state index in [9.17, 15) is 4.39 Å². The van der Waals surface area contributed by atoms with Crippen LogP contribution in [0.1, 0.15) is 44.7 Å². The molecule has 21 heavy (non-hydrogen) atoms. The van der Waals surface area contributed by atoms with Gasteiger partial charge in [0.1, 0.15) is 5.82 Å². The summed E-state index contributed by atoms with van der Waals surface area (Å²) in [4.78, 5) is 2.29. The van der Waals surface area contributed by atoms with Crippen molar-refractivity contribution in [3.8, 4) is 0 Å². The Balaban J connectivity index is 3.05. The van der Waals surface area contributed by atoms with Crippen molar-refractivity contribution in [3.05, 3.63) is 35.1 Å². The number of hydrogen-bond acceptors (Lipinski definition) is 2. The van der Waals surface area contributed by atoms with Gasteiger partial charge in [-0.1, -0.05) is 19.9 Å². The lowest BCUT2D eigenvalue weighted by atomic mass is 9.83. The molecule has 0 saturated heterocycles. The molecule has 0 aromatic heterocycles. The number of nitrogens with zero attached hydrogens (tertiary/aromatic N) is 1. The summed E-state index contributed by atoms with van der Waals surface area (Å²) in [5, 5.41) is 3.67. The molecule has 120 valence electrons. The Hall–Kier alpha value is -0.930. The zero-order valence-corrected chi connectivity index (χ0v) is 14.5. The lowest BCUT2D eigenvalue weighted by molar-refractivity contribution is 0.112. The van der Waals surface area contributed by atoms with Crippen molar-refractivity contribution in [1.29, 1.82) is 0 Å². The monoisotopic (exact) mass is 294 g/mol. The predicted octanol–water partition coefficient (Wildman–Crippen LogP) is 3.78. The quantitative estimate of drug-likeness (QED) is 0.785. The Morgan fingerprint density at radius 2 is 1.95 bits per heavy atom. The molecule has 0 saturated carbocycles. The van der Waals surface area contributed by atoms with Crippen molar-refractivity contribution in [2.75, 3.05) is 20.6 Å². The fourth-order valence-electron chi connectivity index (χ4n) is 2.78. The maximum Gasteiger partial charge on any atom is 0.123 e. The third kappa shape index (κ3) is 4.52. The molecule has 1 aromatic carbocycles. The van der Waals surface area contributed by atoms with Crippen LogP contribution in [0.5, 0.6) is 0 Å². The second kappa shape index (κ2) is 7.90. The van der Waals surface area contributed by atoms with E-state index in [2.05, 4.69) is 52.0 Å². The lowest BCUT2D eigenvalue weighted by Crippen LogP contribution is -2.58. The average Bonchev–Trinajstić information content (AvgIpc) is 2.45. The summed E-state index contributed by atoms with van der Waals surface area (Å²) in [6.45, 7) is 9.73. The van der Waals surface area contributed by atoms with Gasteiger partial charge in [0.25, 0.3) is 0 Å². The van der Waals surface area contributed by atoms with Crippen molar-refractivity contribution >= 4 is 0 Å². The molecular weight excluding hydrogens is 263 g/mol. The minimum Gasteiger partial charge on any atom is -0.312 e. The summed E-state index contributed by atoms with van der Waals surface area (Å²) >= 11 is 0. The van der Waals surface area contributed by atoms with Gasteiger partial charge in [0.05, 0.1) is 0 Å². The summed E-state index contributed by atoms with van der Waals surface area (Å²) in [6, 6.07) is 5.40. The second-order valence-corrected chi connectivity index (χ2v) is 6.39. The Morgan fingerprint density at radius 1 is 1.29 bits per heavy atom. The predicted molar refractivity (Wildman–Crippen MR) is 89.3 cm³/mol. The Bertz CT molecular complexity index is 445. The van der Waals surface area contributed by atoms with E-state index < -0.39 is 0 Å². The van der Waals surface area contributed by atoms with Gasteiger partial charge in [-0.3, -0.25) is 0 Å². The number of rotatable bonds is 8. The Labute approximate surface area is 129 Å². The molecule has 2 atom stereocenters. The molecule has 1 N–H and O–H groups in total. The first-order valence-electron chi connectivity index (χ1n) is 8.01. The summed E-state index contributed by atoms with van der Waals surface area (Å²) in [5.41, 5.74) is 2.32. The van der Waals surface area contributed by atoms with Crippen LogP contribution in [0.2, 0.25) is 0 Å². The van der Waals surface area contributed by atoms with Crippen molar-refractivity contribution in [1.82, 2.24) is 10.2 Å². The van der Waals surface area contributed by atoms with Crippen LogP contribution in [0, 0.1) is 12.7 Å². The number of hydrogen-bond donors (Lipinski definition) is 1. The van der Waals surface area contributed by atoms with Crippen LogP contribution in [-0.2, 0) is 6.42 Å². The van der Waals surface area contributed by atoms with E-state index in [1.807, 2.05) is 6.07 Å². The van der Waals surface area contributed by atoms with E-state index in [0.717, 1.165) is 36.9 Å². The normalized spacial score (nSPS) is 16.0. The minimum atomic E-state index is -0.145. The van der Waals surface area contributed by atoms with Crippen LogP contribution < -0.4 is 5.32 Å². The van der Waals surface area contributed by atoms with E-state index in [0.29, 0.717) is 6.04 Å². The van der Waals surface area contributed by atoms with Crippen molar-refractivity contribution < 1.29 is 4.39 Å². The molecule has 2 nitrogen and oxygen atoms in total. The zero-order valence-electron chi connectivity index (χ0n) is 14.5. The molecule has 0 fully saturated rings. The number of nitrogens with one attached hydrogen (secondary N) is 1. The molecular formula is C18H31FN2. The third-order valence-electron chi connectivity index (χ3n) is 4.86. The highest BCUT2D eigenvalue weighted by molar-refractivity contribution is 5.28. The fourth-order valence-corrected chi connectivity index (χ4v) is 2.78. The van der Waals surface area contributed by atoms with Gasteiger partial charge in [-0.05, 0) is 77.0 Å². The number of benzene rings is 1. The molecule has 0 aliphatic heterocycles. The largest absolute Gasteiger partial charge is 0.312 e. The maximum atomic E-state index is 13.6. The van der Waals surface area contributed by atoms with Crippen LogP contribution >= 0.6 is 0 Å². The molecule has 0 bridgehead atoms. The molecule has 0 heterocycles. The topological polar surface area (TPSA) is 15.3 Å². The first-order chi connectivity index (χ1) is 9.85. The highest BCUT2D eigenvalue weighted by Gasteiger charge is 2.34. The molecule has 0 aliphatic rings. The zero-order chi connectivity index (χ0) is 16.0. The van der Waals surface area contributed by atoms with E-state index in [4.69, 9.17) is 0 Å². The Kier molecular flexibility index (Phi) is 6.82. The van der Waals surface area contributed by atoms with E-state index in [1.165, 1.54) is 6.07 Å². The summed E-state index contributed by atoms with van der Waals surface area (Å²) < 4.78 is 13.6. The smallest absolute Gasteiger partial charge is 0.123 e.